The van der Waals surface area contributed by atoms with E-state index in [9.17, 15) is 0 Å². The summed E-state index contributed by atoms with van der Waals surface area (Å²) < 4.78 is 5.76. The first-order valence-corrected chi connectivity index (χ1v) is 12.2. The van der Waals surface area contributed by atoms with Crippen molar-refractivity contribution < 1.29 is 4.74 Å². The second kappa shape index (κ2) is 12.4. The summed E-state index contributed by atoms with van der Waals surface area (Å²) in [6, 6.07) is 9.28. The molecule has 29 heavy (non-hydrogen) atoms. The largest absolute Gasteiger partial charge is 0.376 e. The van der Waals surface area contributed by atoms with Crippen molar-refractivity contribution in [1.82, 2.24) is 0 Å². The lowest BCUT2D eigenvalue weighted by Crippen LogP contribution is -2.25. The van der Waals surface area contributed by atoms with Crippen LogP contribution >= 0.6 is 0 Å². The van der Waals surface area contributed by atoms with Crippen LogP contribution in [0.1, 0.15) is 95.1 Å². The van der Waals surface area contributed by atoms with Gasteiger partial charge in [0.2, 0.25) is 0 Å². The van der Waals surface area contributed by atoms with Gasteiger partial charge in [0, 0.05) is 0 Å². The Hall–Kier alpha value is -1.34. The average Bonchev–Trinajstić information content (AvgIpc) is 2.78. The van der Waals surface area contributed by atoms with Crippen molar-refractivity contribution in [1.29, 1.82) is 0 Å². The lowest BCUT2D eigenvalue weighted by atomic mass is 9.68. The van der Waals surface area contributed by atoms with Crippen molar-refractivity contribution in [2.75, 3.05) is 6.61 Å². The van der Waals surface area contributed by atoms with Gasteiger partial charge in [-0.05, 0) is 106 Å². The van der Waals surface area contributed by atoms with Crippen LogP contribution in [0.15, 0.2) is 48.6 Å². The van der Waals surface area contributed by atoms with Gasteiger partial charge in [-0.15, -0.1) is 0 Å². The summed E-state index contributed by atoms with van der Waals surface area (Å²) in [7, 11) is 0. The zero-order valence-electron chi connectivity index (χ0n) is 18.8. The molecule has 0 aliphatic heterocycles. The maximum atomic E-state index is 5.76. The lowest BCUT2D eigenvalue weighted by molar-refractivity contribution is 0.125. The Kier molecular flexibility index (Phi) is 9.54. The van der Waals surface area contributed by atoms with E-state index in [4.69, 9.17) is 4.74 Å². The molecule has 0 bridgehead atoms. The number of rotatable bonds is 9. The molecule has 0 saturated heterocycles. The van der Waals surface area contributed by atoms with Crippen LogP contribution in [0.4, 0.5) is 0 Å². The molecule has 0 unspecified atom stereocenters. The molecule has 160 valence electrons. The summed E-state index contributed by atoms with van der Waals surface area (Å²) in [5.74, 6) is 3.64. The van der Waals surface area contributed by atoms with Gasteiger partial charge in [-0.3, -0.25) is 0 Å². The average molecular weight is 395 g/mol. The second-order valence-electron chi connectivity index (χ2n) is 9.27. The summed E-state index contributed by atoms with van der Waals surface area (Å²) >= 11 is 0. The van der Waals surface area contributed by atoms with Crippen molar-refractivity contribution in [3.05, 3.63) is 59.7 Å². The van der Waals surface area contributed by atoms with Crippen molar-refractivity contribution >= 4 is 0 Å². The van der Waals surface area contributed by atoms with E-state index >= 15 is 0 Å². The fourth-order valence-electron chi connectivity index (χ4n) is 5.46. The highest BCUT2D eigenvalue weighted by Crippen LogP contribution is 2.44. The summed E-state index contributed by atoms with van der Waals surface area (Å²) in [6.45, 7) is 5.85. The second-order valence-corrected chi connectivity index (χ2v) is 9.27. The predicted molar refractivity (Wildman–Crippen MR) is 125 cm³/mol. The van der Waals surface area contributed by atoms with Crippen LogP contribution in [-0.4, -0.2) is 6.61 Å². The Labute approximate surface area is 179 Å². The van der Waals surface area contributed by atoms with Crippen LogP contribution in [0.5, 0.6) is 0 Å². The molecule has 0 atom stereocenters. The SMILES string of the molecule is CC=CCCOCc1ccc(C2CCC(C3CCC(/C=C/CC)CC3)CC2)cc1. The molecule has 1 heteroatoms. The molecule has 1 aromatic rings. The number of allylic oxidation sites excluding steroid dienone is 3. The summed E-state index contributed by atoms with van der Waals surface area (Å²) in [4.78, 5) is 0. The Balaban J connectivity index is 1.38. The van der Waals surface area contributed by atoms with Gasteiger partial charge >= 0.3 is 0 Å². The number of benzene rings is 1. The number of hydrogen-bond donors (Lipinski definition) is 0. The Morgan fingerprint density at radius 2 is 1.52 bits per heavy atom. The first-order valence-electron chi connectivity index (χ1n) is 12.2. The van der Waals surface area contributed by atoms with E-state index in [2.05, 4.69) is 62.4 Å². The third-order valence-electron chi connectivity index (χ3n) is 7.28. The van der Waals surface area contributed by atoms with Crippen LogP contribution < -0.4 is 0 Å². The normalized spacial score (nSPS) is 28.3. The first-order chi connectivity index (χ1) is 14.3. The molecule has 2 fully saturated rings. The minimum atomic E-state index is 0.737. The highest BCUT2D eigenvalue weighted by Gasteiger charge is 2.30. The zero-order valence-corrected chi connectivity index (χ0v) is 18.8. The van der Waals surface area contributed by atoms with E-state index in [1.54, 1.807) is 5.56 Å². The van der Waals surface area contributed by atoms with Crippen molar-refractivity contribution in [2.24, 2.45) is 17.8 Å². The van der Waals surface area contributed by atoms with E-state index in [0.717, 1.165) is 43.3 Å². The van der Waals surface area contributed by atoms with Crippen molar-refractivity contribution in [3.8, 4) is 0 Å². The minimum absolute atomic E-state index is 0.737. The fraction of sp³-hybridized carbons (Fsp3) is 0.643. The molecule has 1 nitrogen and oxygen atoms in total. The molecule has 1 aromatic carbocycles. The van der Waals surface area contributed by atoms with E-state index in [1.165, 1.54) is 63.4 Å². The standard InChI is InChI=1S/C28H42O/c1-3-5-7-21-29-22-24-11-15-26(16-12-24)28-19-17-27(18-20-28)25-13-9-23(10-14-25)8-6-4-2/h3,5-6,8,11-12,15-16,23,25,27-28H,4,7,9-10,13-14,17-22H2,1-2H3/b5-3?,8-6+. The Morgan fingerprint density at radius 3 is 2.14 bits per heavy atom. The minimum Gasteiger partial charge on any atom is -0.376 e. The molecule has 2 saturated carbocycles. The summed E-state index contributed by atoms with van der Waals surface area (Å²) in [5.41, 5.74) is 2.85. The highest BCUT2D eigenvalue weighted by molar-refractivity contribution is 5.25. The quantitative estimate of drug-likeness (QED) is 0.303. The van der Waals surface area contributed by atoms with E-state index in [1.807, 2.05) is 0 Å². The maximum Gasteiger partial charge on any atom is 0.0717 e. The molecule has 0 N–H and O–H groups in total. The molecule has 0 radical (unpaired) electrons. The van der Waals surface area contributed by atoms with Crippen LogP contribution in [-0.2, 0) is 11.3 Å². The molecule has 2 aliphatic rings. The molecule has 2 aliphatic carbocycles. The van der Waals surface area contributed by atoms with Gasteiger partial charge in [0.25, 0.3) is 0 Å². The molecular weight excluding hydrogens is 352 g/mol. The van der Waals surface area contributed by atoms with Gasteiger partial charge in [0.15, 0.2) is 0 Å². The fourth-order valence-corrected chi connectivity index (χ4v) is 5.46. The monoisotopic (exact) mass is 394 g/mol. The van der Waals surface area contributed by atoms with Crippen molar-refractivity contribution in [3.63, 3.8) is 0 Å². The molecule has 0 spiro atoms. The molecule has 3 rings (SSSR count). The predicted octanol–water partition coefficient (Wildman–Crippen LogP) is 8.22. The molecule has 0 heterocycles. The summed E-state index contributed by atoms with van der Waals surface area (Å²) in [5, 5.41) is 0. The van der Waals surface area contributed by atoms with Gasteiger partial charge in [-0.1, -0.05) is 55.5 Å². The van der Waals surface area contributed by atoms with Crippen LogP contribution in [0.25, 0.3) is 0 Å². The Morgan fingerprint density at radius 1 is 0.862 bits per heavy atom. The topological polar surface area (TPSA) is 9.23 Å². The first kappa shape index (κ1) is 22.3. The zero-order chi connectivity index (χ0) is 20.3. The maximum absolute atomic E-state index is 5.76. The molecule has 0 aromatic heterocycles. The smallest absolute Gasteiger partial charge is 0.0717 e. The molecular formula is C28H42O. The summed E-state index contributed by atoms with van der Waals surface area (Å²) in [6.07, 6.45) is 22.8. The van der Waals surface area contributed by atoms with Crippen LogP contribution in [0, 0.1) is 17.8 Å². The third kappa shape index (κ3) is 7.14. The highest BCUT2D eigenvalue weighted by atomic mass is 16.5. The number of hydrogen-bond acceptors (Lipinski definition) is 1. The van der Waals surface area contributed by atoms with Gasteiger partial charge in [0.1, 0.15) is 0 Å². The van der Waals surface area contributed by atoms with Crippen molar-refractivity contribution in [2.45, 2.75) is 90.6 Å². The Bertz CT molecular complexity index is 610. The molecule has 0 amide bonds. The van der Waals surface area contributed by atoms with Crippen LogP contribution in [0.3, 0.4) is 0 Å². The van der Waals surface area contributed by atoms with Gasteiger partial charge < -0.3 is 4.74 Å². The van der Waals surface area contributed by atoms with E-state index in [-0.39, 0.29) is 0 Å². The van der Waals surface area contributed by atoms with E-state index < -0.39 is 0 Å². The van der Waals surface area contributed by atoms with Crippen LogP contribution in [0.2, 0.25) is 0 Å². The van der Waals surface area contributed by atoms with Gasteiger partial charge in [-0.2, -0.15) is 0 Å². The number of ether oxygens (including phenoxy) is 1. The van der Waals surface area contributed by atoms with Gasteiger partial charge in [-0.25, -0.2) is 0 Å². The van der Waals surface area contributed by atoms with E-state index in [0.29, 0.717) is 0 Å². The third-order valence-corrected chi connectivity index (χ3v) is 7.28. The lowest BCUT2D eigenvalue weighted by Gasteiger charge is -2.37. The van der Waals surface area contributed by atoms with Gasteiger partial charge in [0.05, 0.1) is 13.2 Å².